The molecule has 0 unspecified atom stereocenters. The third kappa shape index (κ3) is 4.64. The minimum absolute atomic E-state index is 0.0473. The molecule has 0 aliphatic heterocycles. The third-order valence-electron chi connectivity index (χ3n) is 4.38. The number of ether oxygens (including phenoxy) is 1. The van der Waals surface area contributed by atoms with Crippen LogP contribution in [0.2, 0.25) is 0 Å². The molecule has 0 aliphatic carbocycles. The predicted octanol–water partition coefficient (Wildman–Crippen LogP) is 6.58. The quantitative estimate of drug-likeness (QED) is 0.302. The van der Waals surface area contributed by atoms with Crippen LogP contribution < -0.4 is 10.1 Å². The van der Waals surface area contributed by atoms with Gasteiger partial charge in [-0.3, -0.25) is 0 Å². The molecule has 4 nitrogen and oxygen atoms in total. The number of nitrogens with one attached hydrogen (secondary N) is 1. The van der Waals surface area contributed by atoms with Gasteiger partial charge in [-0.2, -0.15) is 13.2 Å². The summed E-state index contributed by atoms with van der Waals surface area (Å²) in [4.78, 5) is 8.39. The average Bonchev–Trinajstić information content (AvgIpc) is 2.73. The molecule has 0 fully saturated rings. The van der Waals surface area contributed by atoms with Gasteiger partial charge < -0.3 is 10.1 Å². The first kappa shape index (κ1) is 20.4. The number of halogens is 4. The number of anilines is 2. The summed E-state index contributed by atoms with van der Waals surface area (Å²) in [7, 11) is 0. The van der Waals surface area contributed by atoms with Crippen LogP contribution >= 0.6 is 22.6 Å². The second kappa shape index (κ2) is 8.47. The third-order valence-corrected chi connectivity index (χ3v) is 5.05. The molecule has 0 bridgehead atoms. The zero-order valence-electron chi connectivity index (χ0n) is 15.4. The summed E-state index contributed by atoms with van der Waals surface area (Å²) in [5, 5.41) is 3.70. The van der Waals surface area contributed by atoms with Crippen LogP contribution in [0.1, 0.15) is 11.1 Å². The summed E-state index contributed by atoms with van der Waals surface area (Å²) in [6.45, 7) is 0.0473. The number of rotatable bonds is 5. The molecule has 4 aromatic rings. The summed E-state index contributed by atoms with van der Waals surface area (Å²) < 4.78 is 47.4. The molecule has 0 amide bonds. The van der Waals surface area contributed by atoms with Crippen LogP contribution in [-0.4, -0.2) is 9.97 Å². The van der Waals surface area contributed by atoms with Crippen LogP contribution in [-0.2, 0) is 12.8 Å². The van der Waals surface area contributed by atoms with Crippen LogP contribution in [0.4, 0.5) is 24.7 Å². The van der Waals surface area contributed by atoms with E-state index in [9.17, 15) is 13.2 Å². The standard InChI is InChI=1S/C22H15F3IN3O/c23-22(24,25)18-11-16(7-9-20(18)30-12-14-4-2-1-3-5-14)29-21-17-10-15(26)6-8-19(17)27-13-28-21/h1-11,13H,12H2,(H,27,28,29). The van der Waals surface area contributed by atoms with Crippen molar-refractivity contribution in [2.24, 2.45) is 0 Å². The zero-order valence-corrected chi connectivity index (χ0v) is 17.6. The van der Waals surface area contributed by atoms with E-state index in [4.69, 9.17) is 4.74 Å². The highest BCUT2D eigenvalue weighted by Gasteiger charge is 2.35. The fourth-order valence-corrected chi connectivity index (χ4v) is 3.45. The van der Waals surface area contributed by atoms with E-state index in [0.717, 1.165) is 20.6 Å². The molecular formula is C22H15F3IN3O. The van der Waals surface area contributed by atoms with Gasteiger partial charge >= 0.3 is 6.18 Å². The second-order valence-electron chi connectivity index (χ2n) is 6.49. The summed E-state index contributed by atoms with van der Waals surface area (Å²) in [6, 6.07) is 18.6. The van der Waals surface area contributed by atoms with E-state index in [1.165, 1.54) is 18.5 Å². The maximum atomic E-state index is 13.7. The van der Waals surface area contributed by atoms with Gasteiger partial charge in [0.25, 0.3) is 0 Å². The SMILES string of the molecule is FC(F)(F)c1cc(Nc2ncnc3ccc(I)cc23)ccc1OCc1ccccc1. The lowest BCUT2D eigenvalue weighted by Gasteiger charge is -2.16. The van der Waals surface area contributed by atoms with Crippen molar-refractivity contribution in [3.63, 3.8) is 0 Å². The second-order valence-corrected chi connectivity index (χ2v) is 7.74. The maximum absolute atomic E-state index is 13.7. The summed E-state index contributed by atoms with van der Waals surface area (Å²) in [5.41, 5.74) is 0.895. The predicted molar refractivity (Wildman–Crippen MR) is 118 cm³/mol. The van der Waals surface area contributed by atoms with E-state index in [1.54, 1.807) is 12.1 Å². The van der Waals surface area contributed by atoms with E-state index in [0.29, 0.717) is 11.3 Å². The van der Waals surface area contributed by atoms with Gasteiger partial charge in [0.2, 0.25) is 0 Å². The van der Waals surface area contributed by atoms with Crippen LogP contribution in [0.5, 0.6) is 5.75 Å². The van der Waals surface area contributed by atoms with Gasteiger partial charge in [-0.05, 0) is 64.6 Å². The topological polar surface area (TPSA) is 47.0 Å². The molecule has 0 saturated heterocycles. The van der Waals surface area contributed by atoms with E-state index in [-0.39, 0.29) is 18.0 Å². The molecule has 0 radical (unpaired) electrons. The molecule has 3 aromatic carbocycles. The molecule has 1 N–H and O–H groups in total. The number of aromatic nitrogens is 2. The Hall–Kier alpha value is -2.88. The van der Waals surface area contributed by atoms with Crippen LogP contribution in [0.15, 0.2) is 73.1 Å². The lowest BCUT2D eigenvalue weighted by molar-refractivity contribution is -0.139. The zero-order chi connectivity index (χ0) is 21.1. The Balaban J connectivity index is 1.64. The molecule has 0 atom stereocenters. The van der Waals surface area contributed by atoms with Crippen molar-refractivity contribution in [1.29, 1.82) is 0 Å². The van der Waals surface area contributed by atoms with Crippen LogP contribution in [0.25, 0.3) is 10.9 Å². The normalized spacial score (nSPS) is 11.5. The number of benzene rings is 3. The van der Waals surface area contributed by atoms with Gasteiger partial charge in [0.05, 0.1) is 11.1 Å². The van der Waals surface area contributed by atoms with Gasteiger partial charge in [-0.25, -0.2) is 9.97 Å². The molecule has 0 spiro atoms. The lowest BCUT2D eigenvalue weighted by Crippen LogP contribution is -2.09. The molecule has 152 valence electrons. The van der Waals surface area contributed by atoms with Gasteiger partial charge in [-0.1, -0.05) is 30.3 Å². The van der Waals surface area contributed by atoms with E-state index in [2.05, 4.69) is 37.9 Å². The molecule has 0 aliphatic rings. The van der Waals surface area contributed by atoms with Crippen LogP contribution in [0.3, 0.4) is 0 Å². The summed E-state index contributed by atoms with van der Waals surface area (Å²) in [6.07, 6.45) is -3.19. The number of nitrogens with zero attached hydrogens (tertiary/aromatic N) is 2. The summed E-state index contributed by atoms with van der Waals surface area (Å²) in [5.74, 6) is 0.212. The van der Waals surface area contributed by atoms with Gasteiger partial charge in [-0.15, -0.1) is 0 Å². The minimum atomic E-state index is -4.56. The number of hydrogen-bond acceptors (Lipinski definition) is 4. The fourth-order valence-electron chi connectivity index (χ4n) is 2.96. The minimum Gasteiger partial charge on any atom is -0.488 e. The number of alkyl halides is 3. The molecule has 1 aromatic heterocycles. The molecule has 30 heavy (non-hydrogen) atoms. The first-order valence-electron chi connectivity index (χ1n) is 8.95. The number of hydrogen-bond donors (Lipinski definition) is 1. The van der Waals surface area contributed by atoms with Crippen molar-refractivity contribution in [1.82, 2.24) is 9.97 Å². The highest BCUT2D eigenvalue weighted by molar-refractivity contribution is 14.1. The highest BCUT2D eigenvalue weighted by Crippen LogP contribution is 2.39. The molecule has 4 rings (SSSR count). The van der Waals surface area contributed by atoms with Gasteiger partial charge in [0, 0.05) is 14.6 Å². The molecule has 8 heteroatoms. The van der Waals surface area contributed by atoms with Crippen molar-refractivity contribution in [3.8, 4) is 5.75 Å². The maximum Gasteiger partial charge on any atom is 0.420 e. The Labute approximate surface area is 184 Å². The average molecular weight is 521 g/mol. The van der Waals surface area contributed by atoms with Crippen molar-refractivity contribution in [2.45, 2.75) is 12.8 Å². The monoisotopic (exact) mass is 521 g/mol. The Kier molecular flexibility index (Phi) is 5.76. The molecular weight excluding hydrogens is 506 g/mol. The van der Waals surface area contributed by atoms with Crippen LogP contribution in [0, 0.1) is 3.57 Å². The van der Waals surface area contributed by atoms with E-state index < -0.39 is 11.7 Å². The first-order chi connectivity index (χ1) is 14.4. The molecule has 0 saturated carbocycles. The summed E-state index contributed by atoms with van der Waals surface area (Å²) >= 11 is 2.16. The Bertz CT molecular complexity index is 1180. The smallest absolute Gasteiger partial charge is 0.420 e. The van der Waals surface area contributed by atoms with Crippen molar-refractivity contribution in [3.05, 3.63) is 87.8 Å². The Morgan fingerprint density at radius 2 is 1.73 bits per heavy atom. The van der Waals surface area contributed by atoms with Gasteiger partial charge in [0.15, 0.2) is 0 Å². The largest absolute Gasteiger partial charge is 0.488 e. The first-order valence-corrected chi connectivity index (χ1v) is 10.0. The van der Waals surface area contributed by atoms with E-state index >= 15 is 0 Å². The van der Waals surface area contributed by atoms with Crippen molar-refractivity contribution >= 4 is 45.0 Å². The lowest BCUT2D eigenvalue weighted by atomic mass is 10.1. The van der Waals surface area contributed by atoms with E-state index in [1.807, 2.05) is 36.4 Å². The Morgan fingerprint density at radius 3 is 2.50 bits per heavy atom. The van der Waals surface area contributed by atoms with Crippen molar-refractivity contribution < 1.29 is 17.9 Å². The molecule has 1 heterocycles. The highest BCUT2D eigenvalue weighted by atomic mass is 127. The number of fused-ring (bicyclic) bond motifs is 1. The van der Waals surface area contributed by atoms with Gasteiger partial charge in [0.1, 0.15) is 24.5 Å². The Morgan fingerprint density at radius 1 is 0.933 bits per heavy atom. The fraction of sp³-hybridized carbons (Fsp3) is 0.0909. The van der Waals surface area contributed by atoms with Crippen molar-refractivity contribution in [2.75, 3.05) is 5.32 Å².